The normalized spacial score (nSPS) is 22.8. The SMILES string of the molecule is CCOC1CC(C(=O)O)(N(C(=O)OCc2ccccc2)C(C)C)C1. The van der Waals surface area contributed by atoms with Crippen LogP contribution in [0.1, 0.15) is 39.2 Å². The second kappa shape index (κ2) is 7.66. The van der Waals surface area contributed by atoms with Gasteiger partial charge in [0.05, 0.1) is 6.10 Å². The molecule has 0 spiro atoms. The monoisotopic (exact) mass is 335 g/mol. The number of benzene rings is 1. The summed E-state index contributed by atoms with van der Waals surface area (Å²) in [6.07, 6.45) is -0.163. The highest BCUT2D eigenvalue weighted by molar-refractivity contribution is 5.86. The van der Waals surface area contributed by atoms with Gasteiger partial charge in [0.1, 0.15) is 12.1 Å². The molecule has 1 aliphatic rings. The van der Waals surface area contributed by atoms with Crippen LogP contribution in [-0.4, -0.2) is 46.4 Å². The lowest BCUT2D eigenvalue weighted by Gasteiger charge is -2.51. The van der Waals surface area contributed by atoms with E-state index in [2.05, 4.69) is 0 Å². The lowest BCUT2D eigenvalue weighted by molar-refractivity contribution is -0.172. The second-order valence-corrected chi connectivity index (χ2v) is 6.33. The summed E-state index contributed by atoms with van der Waals surface area (Å²) in [6, 6.07) is 9.03. The highest BCUT2D eigenvalue weighted by atomic mass is 16.6. The third kappa shape index (κ3) is 3.70. The molecule has 1 aliphatic carbocycles. The van der Waals surface area contributed by atoms with E-state index in [9.17, 15) is 14.7 Å². The summed E-state index contributed by atoms with van der Waals surface area (Å²) in [5.74, 6) is -1.01. The van der Waals surface area contributed by atoms with Gasteiger partial charge in [-0.3, -0.25) is 4.90 Å². The first kappa shape index (κ1) is 18.3. The number of amides is 1. The minimum Gasteiger partial charge on any atom is -0.479 e. The van der Waals surface area contributed by atoms with Gasteiger partial charge in [-0.15, -0.1) is 0 Å². The molecule has 0 atom stereocenters. The maximum atomic E-state index is 12.6. The van der Waals surface area contributed by atoms with E-state index in [1.165, 1.54) is 4.90 Å². The zero-order chi connectivity index (χ0) is 17.7. The number of nitrogens with zero attached hydrogens (tertiary/aromatic N) is 1. The second-order valence-electron chi connectivity index (χ2n) is 6.33. The van der Waals surface area contributed by atoms with E-state index in [4.69, 9.17) is 9.47 Å². The van der Waals surface area contributed by atoms with Crippen LogP contribution in [-0.2, 0) is 20.9 Å². The lowest BCUT2D eigenvalue weighted by Crippen LogP contribution is -2.68. The molecule has 1 fully saturated rings. The number of carbonyl (C=O) groups excluding carboxylic acids is 1. The fraction of sp³-hybridized carbons (Fsp3) is 0.556. The summed E-state index contributed by atoms with van der Waals surface area (Å²) >= 11 is 0. The number of rotatable bonds is 7. The maximum Gasteiger partial charge on any atom is 0.411 e. The van der Waals surface area contributed by atoms with E-state index >= 15 is 0 Å². The topological polar surface area (TPSA) is 76.1 Å². The summed E-state index contributed by atoms with van der Waals surface area (Å²) < 4.78 is 10.8. The van der Waals surface area contributed by atoms with Crippen molar-refractivity contribution in [2.45, 2.75) is 57.9 Å². The van der Waals surface area contributed by atoms with E-state index in [1.807, 2.05) is 37.3 Å². The first-order chi connectivity index (χ1) is 11.4. The van der Waals surface area contributed by atoms with Crippen molar-refractivity contribution in [2.24, 2.45) is 0 Å². The van der Waals surface area contributed by atoms with Crippen molar-refractivity contribution in [1.29, 1.82) is 0 Å². The Morgan fingerprint density at radius 3 is 2.42 bits per heavy atom. The van der Waals surface area contributed by atoms with Crippen LogP contribution in [0.3, 0.4) is 0 Å². The molecule has 132 valence electrons. The largest absolute Gasteiger partial charge is 0.479 e. The van der Waals surface area contributed by atoms with Crippen molar-refractivity contribution in [2.75, 3.05) is 6.61 Å². The van der Waals surface area contributed by atoms with E-state index in [0.717, 1.165) is 5.56 Å². The molecule has 0 saturated heterocycles. The van der Waals surface area contributed by atoms with Crippen LogP contribution in [0.2, 0.25) is 0 Å². The van der Waals surface area contributed by atoms with Gasteiger partial charge in [-0.1, -0.05) is 30.3 Å². The summed E-state index contributed by atoms with van der Waals surface area (Å²) in [5, 5.41) is 9.72. The van der Waals surface area contributed by atoms with Crippen molar-refractivity contribution in [3.8, 4) is 0 Å². The Hall–Kier alpha value is -2.08. The lowest BCUT2D eigenvalue weighted by atomic mass is 9.72. The van der Waals surface area contributed by atoms with Crippen LogP contribution in [0, 0.1) is 0 Å². The molecule has 1 saturated carbocycles. The van der Waals surface area contributed by atoms with Crippen LogP contribution >= 0.6 is 0 Å². The fourth-order valence-corrected chi connectivity index (χ4v) is 3.19. The molecule has 0 radical (unpaired) electrons. The molecule has 1 amide bonds. The Morgan fingerprint density at radius 1 is 1.29 bits per heavy atom. The summed E-state index contributed by atoms with van der Waals surface area (Å²) in [4.78, 5) is 25.8. The smallest absolute Gasteiger partial charge is 0.411 e. The van der Waals surface area contributed by atoms with Crippen molar-refractivity contribution < 1.29 is 24.2 Å². The van der Waals surface area contributed by atoms with Gasteiger partial charge >= 0.3 is 12.1 Å². The molecule has 1 N–H and O–H groups in total. The first-order valence-corrected chi connectivity index (χ1v) is 8.25. The van der Waals surface area contributed by atoms with Gasteiger partial charge in [0.25, 0.3) is 0 Å². The highest BCUT2D eigenvalue weighted by Crippen LogP contribution is 2.41. The Bertz CT molecular complexity index is 566. The molecule has 24 heavy (non-hydrogen) atoms. The molecule has 1 aromatic carbocycles. The highest BCUT2D eigenvalue weighted by Gasteiger charge is 2.58. The molecule has 0 unspecified atom stereocenters. The number of aliphatic carboxylic acids is 1. The number of hydrogen-bond acceptors (Lipinski definition) is 4. The van der Waals surface area contributed by atoms with E-state index in [1.54, 1.807) is 13.8 Å². The fourth-order valence-electron chi connectivity index (χ4n) is 3.19. The summed E-state index contributed by atoms with van der Waals surface area (Å²) in [7, 11) is 0. The molecule has 2 rings (SSSR count). The van der Waals surface area contributed by atoms with Gasteiger partial charge in [-0.05, 0) is 26.3 Å². The maximum absolute atomic E-state index is 12.6. The summed E-state index contributed by atoms with van der Waals surface area (Å²) in [6.45, 7) is 6.11. The van der Waals surface area contributed by atoms with Crippen molar-refractivity contribution in [3.63, 3.8) is 0 Å². The Labute approximate surface area is 142 Å². The van der Waals surface area contributed by atoms with Gasteiger partial charge in [0.2, 0.25) is 0 Å². The molecule has 0 aliphatic heterocycles. The number of hydrogen-bond donors (Lipinski definition) is 1. The van der Waals surface area contributed by atoms with Gasteiger partial charge in [-0.2, -0.15) is 0 Å². The number of carboxylic acid groups (broad SMARTS) is 1. The average molecular weight is 335 g/mol. The van der Waals surface area contributed by atoms with Gasteiger partial charge in [-0.25, -0.2) is 9.59 Å². The average Bonchev–Trinajstić information content (AvgIpc) is 2.51. The molecule has 1 aromatic rings. The quantitative estimate of drug-likeness (QED) is 0.829. The minimum absolute atomic E-state index is 0.119. The van der Waals surface area contributed by atoms with Gasteiger partial charge in [0, 0.05) is 25.5 Å². The van der Waals surface area contributed by atoms with Crippen molar-refractivity contribution in [1.82, 2.24) is 4.90 Å². The van der Waals surface area contributed by atoms with Crippen LogP contribution in [0.15, 0.2) is 30.3 Å². The van der Waals surface area contributed by atoms with Crippen LogP contribution < -0.4 is 0 Å². The van der Waals surface area contributed by atoms with Gasteiger partial charge in [0.15, 0.2) is 0 Å². The Balaban J connectivity index is 2.09. The molecular formula is C18H25NO5. The first-order valence-electron chi connectivity index (χ1n) is 8.25. The van der Waals surface area contributed by atoms with Crippen LogP contribution in [0.4, 0.5) is 4.79 Å². The van der Waals surface area contributed by atoms with Crippen LogP contribution in [0.25, 0.3) is 0 Å². The molecule has 6 heteroatoms. The zero-order valence-electron chi connectivity index (χ0n) is 14.4. The predicted octanol–water partition coefficient (Wildman–Crippen LogP) is 3.06. The molecule has 0 bridgehead atoms. The third-order valence-corrected chi connectivity index (χ3v) is 4.31. The Kier molecular flexibility index (Phi) is 5.83. The molecular weight excluding hydrogens is 310 g/mol. The predicted molar refractivity (Wildman–Crippen MR) is 88.6 cm³/mol. The van der Waals surface area contributed by atoms with E-state index in [0.29, 0.717) is 6.61 Å². The number of ether oxygens (including phenoxy) is 2. The standard InChI is InChI=1S/C18H25NO5/c1-4-23-15-10-18(11-15,16(20)21)19(13(2)3)17(22)24-12-14-8-6-5-7-9-14/h5-9,13,15H,4,10-12H2,1-3H3,(H,20,21). The van der Waals surface area contributed by atoms with E-state index < -0.39 is 17.6 Å². The number of carboxylic acids is 1. The molecule has 0 aromatic heterocycles. The molecule has 0 heterocycles. The Morgan fingerprint density at radius 2 is 1.92 bits per heavy atom. The van der Waals surface area contributed by atoms with E-state index in [-0.39, 0.29) is 31.6 Å². The van der Waals surface area contributed by atoms with Crippen LogP contribution in [0.5, 0.6) is 0 Å². The third-order valence-electron chi connectivity index (χ3n) is 4.31. The molecule has 6 nitrogen and oxygen atoms in total. The van der Waals surface area contributed by atoms with Crippen molar-refractivity contribution in [3.05, 3.63) is 35.9 Å². The number of carbonyl (C=O) groups is 2. The minimum atomic E-state index is -1.25. The van der Waals surface area contributed by atoms with Crippen molar-refractivity contribution >= 4 is 12.1 Å². The summed E-state index contributed by atoms with van der Waals surface area (Å²) in [5.41, 5.74) is -0.387. The van der Waals surface area contributed by atoms with Gasteiger partial charge < -0.3 is 14.6 Å². The zero-order valence-corrected chi connectivity index (χ0v) is 14.4.